The maximum absolute atomic E-state index is 5.21. The van der Waals surface area contributed by atoms with Crippen LogP contribution in [0.1, 0.15) is 44.4 Å². The van der Waals surface area contributed by atoms with E-state index in [0.717, 1.165) is 5.75 Å². The average molecular weight is 210 g/mol. The van der Waals surface area contributed by atoms with Crippen molar-refractivity contribution in [2.24, 2.45) is 0 Å². The van der Waals surface area contributed by atoms with Gasteiger partial charge in [-0.2, -0.15) is 0 Å². The molecule has 0 heterocycles. The van der Waals surface area contributed by atoms with Gasteiger partial charge in [0.15, 0.2) is 0 Å². The van der Waals surface area contributed by atoms with E-state index in [4.69, 9.17) is 4.74 Å². The molecule has 0 aliphatic rings. The fraction of sp³-hybridized carbons (Fsp3) is 0.571. The minimum atomic E-state index is 0.988. The molecule has 0 saturated carbocycles. The molecule has 1 aromatic rings. The summed E-state index contributed by atoms with van der Waals surface area (Å²) in [5, 5.41) is 0. The molecule has 0 N–H and O–H groups in total. The lowest BCUT2D eigenvalue weighted by Crippen LogP contribution is -1.90. The van der Waals surface area contributed by atoms with Gasteiger partial charge in [-0.15, -0.1) is 0 Å². The molecule has 0 aliphatic carbocycles. The van der Waals surface area contributed by atoms with Crippen LogP contribution in [0.25, 0.3) is 0 Å². The van der Waals surface area contributed by atoms with E-state index >= 15 is 0 Å². The standard InChI is InChI=1S/C10H14O.2C2H6/c1-7-5-8(2)9(3)10(6-7)11-4;2*1-2/h5-6H,1-4H3;2*1-2H3. The van der Waals surface area contributed by atoms with Crippen molar-refractivity contribution in [3.63, 3.8) is 0 Å². The molecule has 0 fully saturated rings. The van der Waals surface area contributed by atoms with Gasteiger partial charge in [0, 0.05) is 0 Å². The van der Waals surface area contributed by atoms with Crippen molar-refractivity contribution in [2.75, 3.05) is 7.11 Å². The molecule has 0 unspecified atom stereocenters. The van der Waals surface area contributed by atoms with Crippen LogP contribution in [-0.2, 0) is 0 Å². The lowest BCUT2D eigenvalue weighted by atomic mass is 10.1. The Bertz CT molecular complexity index is 264. The summed E-state index contributed by atoms with van der Waals surface area (Å²) in [6, 6.07) is 4.22. The molecule has 0 aromatic heterocycles. The van der Waals surface area contributed by atoms with Crippen LogP contribution in [0.15, 0.2) is 12.1 Å². The number of hydrogen-bond acceptors (Lipinski definition) is 1. The van der Waals surface area contributed by atoms with Crippen molar-refractivity contribution >= 4 is 0 Å². The molecule has 15 heavy (non-hydrogen) atoms. The Balaban J connectivity index is 0. The van der Waals surface area contributed by atoms with Gasteiger partial charge in [-0.3, -0.25) is 0 Å². The van der Waals surface area contributed by atoms with E-state index in [2.05, 4.69) is 32.9 Å². The third kappa shape index (κ3) is 5.46. The van der Waals surface area contributed by atoms with Crippen LogP contribution in [0.5, 0.6) is 5.75 Å². The molecule has 1 rings (SSSR count). The third-order valence-corrected chi connectivity index (χ3v) is 1.98. The second-order valence-corrected chi connectivity index (χ2v) is 2.91. The summed E-state index contributed by atoms with van der Waals surface area (Å²) in [6.45, 7) is 14.3. The van der Waals surface area contributed by atoms with Crippen molar-refractivity contribution in [3.8, 4) is 5.75 Å². The molecule has 0 saturated heterocycles. The van der Waals surface area contributed by atoms with Gasteiger partial charge in [0.25, 0.3) is 0 Å². The zero-order chi connectivity index (χ0) is 12.4. The normalized spacial score (nSPS) is 8.00. The predicted molar refractivity (Wildman–Crippen MR) is 69.9 cm³/mol. The minimum Gasteiger partial charge on any atom is -0.496 e. The Hall–Kier alpha value is -0.980. The summed E-state index contributed by atoms with van der Waals surface area (Å²) in [5.41, 5.74) is 3.78. The number of benzene rings is 1. The summed E-state index contributed by atoms with van der Waals surface area (Å²) in [4.78, 5) is 0. The monoisotopic (exact) mass is 210 g/mol. The van der Waals surface area contributed by atoms with Gasteiger partial charge < -0.3 is 4.74 Å². The summed E-state index contributed by atoms with van der Waals surface area (Å²) in [5.74, 6) is 0.988. The van der Waals surface area contributed by atoms with Crippen LogP contribution >= 0.6 is 0 Å². The Morgan fingerprint density at radius 2 is 1.33 bits per heavy atom. The molecule has 1 heteroatoms. The van der Waals surface area contributed by atoms with Gasteiger partial charge in [-0.05, 0) is 43.5 Å². The highest BCUT2D eigenvalue weighted by Crippen LogP contribution is 2.22. The molecule has 0 amide bonds. The predicted octanol–water partition coefficient (Wildman–Crippen LogP) is 4.67. The van der Waals surface area contributed by atoms with Crippen LogP contribution in [-0.4, -0.2) is 7.11 Å². The van der Waals surface area contributed by atoms with Crippen molar-refractivity contribution in [3.05, 3.63) is 28.8 Å². The number of ether oxygens (including phenoxy) is 1. The first-order chi connectivity index (χ1) is 7.15. The topological polar surface area (TPSA) is 9.23 Å². The van der Waals surface area contributed by atoms with E-state index < -0.39 is 0 Å². The summed E-state index contributed by atoms with van der Waals surface area (Å²) in [7, 11) is 1.71. The van der Waals surface area contributed by atoms with Crippen LogP contribution in [0.3, 0.4) is 0 Å². The smallest absolute Gasteiger partial charge is 0.122 e. The van der Waals surface area contributed by atoms with Gasteiger partial charge >= 0.3 is 0 Å². The average Bonchev–Trinajstić information content (AvgIpc) is 2.29. The first kappa shape index (κ1) is 16.4. The zero-order valence-electron chi connectivity index (χ0n) is 11.6. The highest BCUT2D eigenvalue weighted by molar-refractivity contribution is 5.41. The van der Waals surface area contributed by atoms with Gasteiger partial charge in [0.05, 0.1) is 7.11 Å². The maximum atomic E-state index is 5.21. The van der Waals surface area contributed by atoms with Crippen molar-refractivity contribution < 1.29 is 4.74 Å². The van der Waals surface area contributed by atoms with E-state index in [1.54, 1.807) is 7.11 Å². The number of rotatable bonds is 1. The first-order valence-corrected chi connectivity index (χ1v) is 5.77. The molecule has 1 nitrogen and oxygen atoms in total. The number of hydrogen-bond donors (Lipinski definition) is 0. The third-order valence-electron chi connectivity index (χ3n) is 1.98. The quantitative estimate of drug-likeness (QED) is 0.654. The van der Waals surface area contributed by atoms with Gasteiger partial charge in [0.2, 0.25) is 0 Å². The largest absolute Gasteiger partial charge is 0.496 e. The van der Waals surface area contributed by atoms with Gasteiger partial charge in [0.1, 0.15) is 5.75 Å². The fourth-order valence-corrected chi connectivity index (χ4v) is 1.21. The van der Waals surface area contributed by atoms with E-state index in [9.17, 15) is 0 Å². The molecular formula is C14H26O. The Morgan fingerprint density at radius 1 is 0.867 bits per heavy atom. The maximum Gasteiger partial charge on any atom is 0.122 e. The Morgan fingerprint density at radius 3 is 1.73 bits per heavy atom. The fourth-order valence-electron chi connectivity index (χ4n) is 1.21. The Kier molecular flexibility index (Phi) is 10.5. The Labute approximate surface area is 95.5 Å². The summed E-state index contributed by atoms with van der Waals surface area (Å²) < 4.78 is 5.21. The number of aryl methyl sites for hydroxylation is 2. The molecular weight excluding hydrogens is 184 g/mol. The summed E-state index contributed by atoms with van der Waals surface area (Å²) in [6.07, 6.45) is 0. The molecule has 0 atom stereocenters. The van der Waals surface area contributed by atoms with E-state index in [-0.39, 0.29) is 0 Å². The van der Waals surface area contributed by atoms with E-state index in [1.165, 1.54) is 16.7 Å². The molecule has 88 valence electrons. The van der Waals surface area contributed by atoms with Crippen LogP contribution < -0.4 is 4.74 Å². The van der Waals surface area contributed by atoms with Crippen molar-refractivity contribution in [1.29, 1.82) is 0 Å². The van der Waals surface area contributed by atoms with Crippen LogP contribution in [0.2, 0.25) is 0 Å². The highest BCUT2D eigenvalue weighted by atomic mass is 16.5. The zero-order valence-corrected chi connectivity index (χ0v) is 11.6. The highest BCUT2D eigenvalue weighted by Gasteiger charge is 2.00. The lowest BCUT2D eigenvalue weighted by molar-refractivity contribution is 0.411. The molecule has 0 spiro atoms. The summed E-state index contributed by atoms with van der Waals surface area (Å²) >= 11 is 0. The van der Waals surface area contributed by atoms with Crippen molar-refractivity contribution in [2.45, 2.75) is 48.5 Å². The number of methoxy groups -OCH3 is 1. The SMILES string of the molecule is CC.CC.COc1cc(C)cc(C)c1C. The van der Waals surface area contributed by atoms with E-state index in [0.29, 0.717) is 0 Å². The molecule has 0 aliphatic heterocycles. The van der Waals surface area contributed by atoms with Crippen LogP contribution in [0, 0.1) is 20.8 Å². The second kappa shape index (κ2) is 9.57. The minimum absolute atomic E-state index is 0.988. The molecule has 0 radical (unpaired) electrons. The molecule has 1 aromatic carbocycles. The molecule has 0 bridgehead atoms. The van der Waals surface area contributed by atoms with Gasteiger partial charge in [-0.25, -0.2) is 0 Å². The van der Waals surface area contributed by atoms with Gasteiger partial charge in [-0.1, -0.05) is 33.8 Å². The first-order valence-electron chi connectivity index (χ1n) is 5.77. The van der Waals surface area contributed by atoms with Crippen LogP contribution in [0.4, 0.5) is 0 Å². The van der Waals surface area contributed by atoms with Crippen molar-refractivity contribution in [1.82, 2.24) is 0 Å². The lowest BCUT2D eigenvalue weighted by Gasteiger charge is -2.08. The second-order valence-electron chi connectivity index (χ2n) is 2.91. The van der Waals surface area contributed by atoms with E-state index in [1.807, 2.05) is 27.7 Å².